The highest BCUT2D eigenvalue weighted by molar-refractivity contribution is 5.99. The van der Waals surface area contributed by atoms with Crippen LogP contribution in [0.2, 0.25) is 0 Å². The highest BCUT2D eigenvalue weighted by Crippen LogP contribution is 2.30. The Labute approximate surface area is 83.9 Å². The van der Waals surface area contributed by atoms with Gasteiger partial charge in [0.25, 0.3) is 0 Å². The molecular weight excluding hydrogens is 172 g/mol. The fourth-order valence-corrected chi connectivity index (χ4v) is 1.77. The molecular formula is C12H14N2. The highest BCUT2D eigenvalue weighted by Gasteiger charge is 2.05. The van der Waals surface area contributed by atoms with Crippen LogP contribution in [0.3, 0.4) is 0 Å². The number of anilines is 2. The third-order valence-corrected chi connectivity index (χ3v) is 2.38. The number of benzene rings is 2. The average Bonchev–Trinajstić information content (AvgIpc) is 2.17. The number of nitrogens with zero attached hydrogens (tertiary/aromatic N) is 1. The summed E-state index contributed by atoms with van der Waals surface area (Å²) in [5, 5.41) is 2.43. The van der Waals surface area contributed by atoms with Crippen molar-refractivity contribution >= 4 is 22.1 Å². The van der Waals surface area contributed by atoms with Gasteiger partial charge in [0.05, 0.1) is 11.4 Å². The van der Waals surface area contributed by atoms with Gasteiger partial charge in [-0.3, -0.25) is 0 Å². The molecule has 0 saturated carbocycles. The Morgan fingerprint density at radius 2 is 1.71 bits per heavy atom. The molecule has 0 radical (unpaired) electrons. The molecule has 0 saturated heterocycles. The molecule has 14 heavy (non-hydrogen) atoms. The topological polar surface area (TPSA) is 29.3 Å². The summed E-state index contributed by atoms with van der Waals surface area (Å²) >= 11 is 0. The molecule has 2 aromatic carbocycles. The van der Waals surface area contributed by atoms with Crippen LogP contribution in [0.15, 0.2) is 36.4 Å². The minimum Gasteiger partial charge on any atom is -0.397 e. The lowest BCUT2D eigenvalue weighted by molar-refractivity contribution is 1.14. The fourth-order valence-electron chi connectivity index (χ4n) is 1.77. The van der Waals surface area contributed by atoms with Crippen molar-refractivity contribution in [2.24, 2.45) is 0 Å². The molecule has 0 spiro atoms. The van der Waals surface area contributed by atoms with E-state index in [0.29, 0.717) is 0 Å². The summed E-state index contributed by atoms with van der Waals surface area (Å²) in [6.07, 6.45) is 0. The SMILES string of the molecule is CN(C)c1c(N)ccc2ccccc12. The van der Waals surface area contributed by atoms with E-state index < -0.39 is 0 Å². The van der Waals surface area contributed by atoms with Crippen LogP contribution < -0.4 is 10.6 Å². The van der Waals surface area contributed by atoms with Gasteiger partial charge in [-0.05, 0) is 11.5 Å². The summed E-state index contributed by atoms with van der Waals surface area (Å²) in [5.41, 5.74) is 7.87. The van der Waals surface area contributed by atoms with Crippen molar-refractivity contribution < 1.29 is 0 Å². The fraction of sp³-hybridized carbons (Fsp3) is 0.167. The summed E-state index contributed by atoms with van der Waals surface area (Å²) in [6.45, 7) is 0. The molecule has 0 aromatic heterocycles. The monoisotopic (exact) mass is 186 g/mol. The van der Waals surface area contributed by atoms with Crippen LogP contribution in [0, 0.1) is 0 Å². The Hall–Kier alpha value is -1.70. The van der Waals surface area contributed by atoms with Crippen molar-refractivity contribution in [2.75, 3.05) is 24.7 Å². The molecule has 0 aliphatic rings. The normalized spacial score (nSPS) is 10.4. The van der Waals surface area contributed by atoms with Crippen LogP contribution in [-0.2, 0) is 0 Å². The lowest BCUT2D eigenvalue weighted by Crippen LogP contribution is -2.11. The largest absolute Gasteiger partial charge is 0.397 e. The number of fused-ring (bicyclic) bond motifs is 1. The number of nitrogen functional groups attached to an aromatic ring is 1. The summed E-state index contributed by atoms with van der Waals surface area (Å²) in [4.78, 5) is 2.05. The van der Waals surface area contributed by atoms with E-state index >= 15 is 0 Å². The smallest absolute Gasteiger partial charge is 0.0674 e. The third-order valence-electron chi connectivity index (χ3n) is 2.38. The van der Waals surface area contributed by atoms with Gasteiger partial charge in [0.2, 0.25) is 0 Å². The van der Waals surface area contributed by atoms with Crippen molar-refractivity contribution in [3.8, 4) is 0 Å². The molecule has 72 valence electrons. The van der Waals surface area contributed by atoms with E-state index in [2.05, 4.69) is 23.1 Å². The van der Waals surface area contributed by atoms with Crippen LogP contribution in [0.4, 0.5) is 11.4 Å². The second-order valence-corrected chi connectivity index (χ2v) is 3.62. The Morgan fingerprint density at radius 1 is 1.00 bits per heavy atom. The number of rotatable bonds is 1. The van der Waals surface area contributed by atoms with Crippen molar-refractivity contribution in [3.05, 3.63) is 36.4 Å². The summed E-state index contributed by atoms with van der Waals surface area (Å²) in [6, 6.07) is 12.3. The van der Waals surface area contributed by atoms with Crippen molar-refractivity contribution in [3.63, 3.8) is 0 Å². The standard InChI is InChI=1S/C12H14N2/c1-14(2)12-10-6-4-3-5-9(10)7-8-11(12)13/h3-8H,13H2,1-2H3. The molecule has 2 nitrogen and oxygen atoms in total. The van der Waals surface area contributed by atoms with Crippen LogP contribution in [0.5, 0.6) is 0 Å². The van der Waals surface area contributed by atoms with E-state index in [9.17, 15) is 0 Å². The lowest BCUT2D eigenvalue weighted by atomic mass is 10.1. The maximum Gasteiger partial charge on any atom is 0.0674 e. The zero-order valence-electron chi connectivity index (χ0n) is 8.49. The molecule has 2 N–H and O–H groups in total. The number of nitrogens with two attached hydrogens (primary N) is 1. The van der Waals surface area contributed by atoms with Crippen LogP contribution in [0.25, 0.3) is 10.8 Å². The lowest BCUT2D eigenvalue weighted by Gasteiger charge is -2.17. The van der Waals surface area contributed by atoms with Gasteiger partial charge in [-0.25, -0.2) is 0 Å². The van der Waals surface area contributed by atoms with Gasteiger partial charge in [-0.2, -0.15) is 0 Å². The molecule has 0 heterocycles. The Balaban J connectivity index is 2.83. The molecule has 2 rings (SSSR count). The highest BCUT2D eigenvalue weighted by atomic mass is 15.1. The van der Waals surface area contributed by atoms with Gasteiger partial charge in [-0.1, -0.05) is 30.3 Å². The number of hydrogen-bond donors (Lipinski definition) is 1. The Kier molecular flexibility index (Phi) is 2.04. The number of hydrogen-bond acceptors (Lipinski definition) is 2. The summed E-state index contributed by atoms with van der Waals surface area (Å²) < 4.78 is 0. The molecule has 2 aromatic rings. The quantitative estimate of drug-likeness (QED) is 0.693. The molecule has 0 aliphatic carbocycles. The zero-order valence-corrected chi connectivity index (χ0v) is 8.49. The predicted molar refractivity (Wildman–Crippen MR) is 62.7 cm³/mol. The Bertz CT molecular complexity index is 461. The van der Waals surface area contributed by atoms with E-state index in [0.717, 1.165) is 11.4 Å². The first-order chi connectivity index (χ1) is 6.70. The summed E-state index contributed by atoms with van der Waals surface area (Å²) in [7, 11) is 4.02. The summed E-state index contributed by atoms with van der Waals surface area (Å²) in [5.74, 6) is 0. The minimum atomic E-state index is 0.828. The van der Waals surface area contributed by atoms with Crippen molar-refractivity contribution in [1.82, 2.24) is 0 Å². The third kappa shape index (κ3) is 1.29. The second kappa shape index (κ2) is 3.22. The first-order valence-electron chi connectivity index (χ1n) is 4.64. The van der Waals surface area contributed by atoms with Gasteiger partial charge in [0.1, 0.15) is 0 Å². The van der Waals surface area contributed by atoms with E-state index in [1.807, 2.05) is 32.3 Å². The minimum absolute atomic E-state index is 0.828. The molecule has 0 amide bonds. The second-order valence-electron chi connectivity index (χ2n) is 3.62. The van der Waals surface area contributed by atoms with Crippen molar-refractivity contribution in [1.29, 1.82) is 0 Å². The van der Waals surface area contributed by atoms with Gasteiger partial charge < -0.3 is 10.6 Å². The molecule has 0 fully saturated rings. The van der Waals surface area contributed by atoms with Gasteiger partial charge in [-0.15, -0.1) is 0 Å². The predicted octanol–water partition coefficient (Wildman–Crippen LogP) is 2.49. The van der Waals surface area contributed by atoms with Gasteiger partial charge in [0, 0.05) is 19.5 Å². The Morgan fingerprint density at radius 3 is 2.43 bits per heavy atom. The molecule has 0 bridgehead atoms. The van der Waals surface area contributed by atoms with Gasteiger partial charge in [0.15, 0.2) is 0 Å². The first kappa shape index (κ1) is 8.88. The van der Waals surface area contributed by atoms with E-state index in [-0.39, 0.29) is 0 Å². The molecule has 2 heteroatoms. The maximum atomic E-state index is 5.95. The van der Waals surface area contributed by atoms with E-state index in [4.69, 9.17) is 5.73 Å². The van der Waals surface area contributed by atoms with Crippen LogP contribution in [0.1, 0.15) is 0 Å². The first-order valence-corrected chi connectivity index (χ1v) is 4.64. The van der Waals surface area contributed by atoms with Crippen molar-refractivity contribution in [2.45, 2.75) is 0 Å². The van der Waals surface area contributed by atoms with Gasteiger partial charge >= 0.3 is 0 Å². The van der Waals surface area contributed by atoms with E-state index in [1.54, 1.807) is 0 Å². The van der Waals surface area contributed by atoms with Crippen LogP contribution >= 0.6 is 0 Å². The zero-order chi connectivity index (χ0) is 10.1. The maximum absolute atomic E-state index is 5.95. The molecule has 0 aliphatic heterocycles. The van der Waals surface area contributed by atoms with E-state index in [1.165, 1.54) is 10.8 Å². The molecule has 0 atom stereocenters. The van der Waals surface area contributed by atoms with Crippen LogP contribution in [-0.4, -0.2) is 14.1 Å². The molecule has 0 unspecified atom stereocenters. The average molecular weight is 186 g/mol.